The number of aliphatic hydroxyl groups is 1. The molecule has 1 aromatic rings. The maximum absolute atomic E-state index is 9.30. The lowest BCUT2D eigenvalue weighted by molar-refractivity contribution is 0.263. The fraction of sp³-hybridized carbons (Fsp3) is 0.571. The molecule has 1 aromatic carbocycles. The van der Waals surface area contributed by atoms with Gasteiger partial charge in [-0.15, -0.1) is 0 Å². The molecule has 4 nitrogen and oxygen atoms in total. The molecule has 1 aliphatic heterocycles. The summed E-state index contributed by atoms with van der Waals surface area (Å²) in [6.07, 6.45) is 2.33. The van der Waals surface area contributed by atoms with Crippen LogP contribution in [-0.4, -0.2) is 43.3 Å². The molecule has 0 atom stereocenters. The van der Waals surface area contributed by atoms with E-state index in [1.807, 2.05) is 18.2 Å². The zero-order valence-corrected chi connectivity index (χ0v) is 11.1. The summed E-state index contributed by atoms with van der Waals surface area (Å²) in [5, 5.41) is 12.8. The fourth-order valence-electron chi connectivity index (χ4n) is 2.38. The average molecular weight is 250 g/mol. The summed E-state index contributed by atoms with van der Waals surface area (Å²) in [5.74, 6) is 0.742. The summed E-state index contributed by atoms with van der Waals surface area (Å²) in [6.45, 7) is 2.29. The van der Waals surface area contributed by atoms with Crippen molar-refractivity contribution < 1.29 is 9.84 Å². The molecule has 1 aliphatic rings. The Morgan fingerprint density at radius 3 is 2.72 bits per heavy atom. The first-order valence-electron chi connectivity index (χ1n) is 6.46. The number of hydrogen-bond donors (Lipinski definition) is 2. The summed E-state index contributed by atoms with van der Waals surface area (Å²) in [6, 6.07) is 6.41. The molecule has 0 aliphatic carbocycles. The smallest absolute Gasteiger partial charge is 0.124 e. The molecule has 1 heterocycles. The molecule has 0 amide bonds. The number of aliphatic hydroxyl groups excluding tert-OH is 1. The zero-order chi connectivity index (χ0) is 13.0. The van der Waals surface area contributed by atoms with Gasteiger partial charge in [0.15, 0.2) is 0 Å². The van der Waals surface area contributed by atoms with Gasteiger partial charge in [0.2, 0.25) is 0 Å². The Morgan fingerprint density at radius 1 is 1.39 bits per heavy atom. The van der Waals surface area contributed by atoms with E-state index in [9.17, 15) is 5.11 Å². The number of hydrogen-bond acceptors (Lipinski definition) is 4. The van der Waals surface area contributed by atoms with Crippen molar-refractivity contribution in [1.29, 1.82) is 0 Å². The molecule has 1 fully saturated rings. The van der Waals surface area contributed by atoms with Crippen molar-refractivity contribution in [2.24, 2.45) is 0 Å². The van der Waals surface area contributed by atoms with E-state index >= 15 is 0 Å². The van der Waals surface area contributed by atoms with Crippen molar-refractivity contribution in [3.63, 3.8) is 0 Å². The van der Waals surface area contributed by atoms with Crippen LogP contribution in [0.3, 0.4) is 0 Å². The largest absolute Gasteiger partial charge is 0.496 e. The van der Waals surface area contributed by atoms with Crippen LogP contribution in [-0.2, 0) is 6.61 Å². The maximum atomic E-state index is 9.30. The Kier molecular flexibility index (Phi) is 4.44. The van der Waals surface area contributed by atoms with E-state index < -0.39 is 0 Å². The van der Waals surface area contributed by atoms with Gasteiger partial charge in [0, 0.05) is 17.3 Å². The maximum Gasteiger partial charge on any atom is 0.124 e. The van der Waals surface area contributed by atoms with Crippen LogP contribution in [0.2, 0.25) is 0 Å². The normalized spacial score (nSPS) is 17.7. The van der Waals surface area contributed by atoms with Crippen molar-refractivity contribution in [1.82, 2.24) is 4.90 Å². The van der Waals surface area contributed by atoms with E-state index in [-0.39, 0.29) is 6.61 Å². The molecule has 0 radical (unpaired) electrons. The molecule has 0 saturated carbocycles. The average Bonchev–Trinajstić information content (AvgIpc) is 2.41. The molecule has 0 bridgehead atoms. The third kappa shape index (κ3) is 3.15. The topological polar surface area (TPSA) is 44.7 Å². The number of nitrogens with one attached hydrogen (secondary N) is 1. The van der Waals surface area contributed by atoms with Gasteiger partial charge in [0.25, 0.3) is 0 Å². The van der Waals surface area contributed by atoms with E-state index in [2.05, 4.69) is 17.3 Å². The molecule has 2 rings (SSSR count). The van der Waals surface area contributed by atoms with Gasteiger partial charge < -0.3 is 20.1 Å². The summed E-state index contributed by atoms with van der Waals surface area (Å²) >= 11 is 0. The number of likely N-dealkylation sites (tertiary alicyclic amines) is 1. The molecule has 18 heavy (non-hydrogen) atoms. The van der Waals surface area contributed by atoms with Gasteiger partial charge in [0.1, 0.15) is 5.75 Å². The minimum atomic E-state index is 0.00605. The van der Waals surface area contributed by atoms with E-state index in [4.69, 9.17) is 4.74 Å². The van der Waals surface area contributed by atoms with Crippen molar-refractivity contribution >= 4 is 5.69 Å². The van der Waals surface area contributed by atoms with Crippen LogP contribution >= 0.6 is 0 Å². The Hall–Kier alpha value is -1.26. The molecule has 0 unspecified atom stereocenters. The number of rotatable bonds is 4. The number of benzene rings is 1. The van der Waals surface area contributed by atoms with Crippen LogP contribution in [0.4, 0.5) is 5.69 Å². The fourth-order valence-corrected chi connectivity index (χ4v) is 2.38. The van der Waals surface area contributed by atoms with E-state index in [0.717, 1.165) is 42.9 Å². The Bertz CT molecular complexity index is 387. The summed E-state index contributed by atoms with van der Waals surface area (Å²) in [7, 11) is 3.78. The first-order chi connectivity index (χ1) is 8.72. The standard InChI is InChI=1S/C14H22N2O2/c1-16-7-5-12(6-8-16)15-13-3-4-14(18-2)11(9-13)10-17/h3-4,9,12,15,17H,5-8,10H2,1-2H3. The third-order valence-corrected chi connectivity index (χ3v) is 3.54. The van der Waals surface area contributed by atoms with Crippen LogP contribution in [0.5, 0.6) is 5.75 Å². The minimum absolute atomic E-state index is 0.00605. The summed E-state index contributed by atoms with van der Waals surface area (Å²) < 4.78 is 5.20. The van der Waals surface area contributed by atoms with Gasteiger partial charge >= 0.3 is 0 Å². The lowest BCUT2D eigenvalue weighted by atomic mass is 10.0. The lowest BCUT2D eigenvalue weighted by Crippen LogP contribution is -2.36. The van der Waals surface area contributed by atoms with Crippen molar-refractivity contribution in [2.75, 3.05) is 32.6 Å². The second-order valence-electron chi connectivity index (χ2n) is 4.91. The molecule has 2 N–H and O–H groups in total. The molecule has 100 valence electrons. The highest BCUT2D eigenvalue weighted by molar-refractivity contribution is 5.51. The van der Waals surface area contributed by atoms with Crippen LogP contribution in [0.15, 0.2) is 18.2 Å². The molecule has 4 heteroatoms. The predicted molar refractivity (Wildman–Crippen MR) is 73.1 cm³/mol. The van der Waals surface area contributed by atoms with Crippen LogP contribution < -0.4 is 10.1 Å². The Balaban J connectivity index is 2.01. The molecule has 1 saturated heterocycles. The van der Waals surface area contributed by atoms with E-state index in [1.165, 1.54) is 0 Å². The number of ether oxygens (including phenoxy) is 1. The van der Waals surface area contributed by atoms with Crippen molar-refractivity contribution in [3.05, 3.63) is 23.8 Å². The Morgan fingerprint density at radius 2 is 2.11 bits per heavy atom. The number of piperidine rings is 1. The summed E-state index contributed by atoms with van der Waals surface area (Å²) in [5.41, 5.74) is 1.89. The van der Waals surface area contributed by atoms with Crippen LogP contribution in [0.1, 0.15) is 18.4 Å². The number of anilines is 1. The van der Waals surface area contributed by atoms with Gasteiger partial charge in [-0.3, -0.25) is 0 Å². The highest BCUT2D eigenvalue weighted by Crippen LogP contribution is 2.24. The van der Waals surface area contributed by atoms with Crippen molar-refractivity contribution in [2.45, 2.75) is 25.5 Å². The SMILES string of the molecule is COc1ccc(NC2CCN(C)CC2)cc1CO. The number of nitrogens with zero attached hydrogens (tertiary/aromatic N) is 1. The lowest BCUT2D eigenvalue weighted by Gasteiger charge is -2.30. The first-order valence-corrected chi connectivity index (χ1v) is 6.46. The van der Waals surface area contributed by atoms with E-state index in [1.54, 1.807) is 7.11 Å². The minimum Gasteiger partial charge on any atom is -0.496 e. The molecular weight excluding hydrogens is 228 g/mol. The van der Waals surface area contributed by atoms with Crippen molar-refractivity contribution in [3.8, 4) is 5.75 Å². The molecular formula is C14H22N2O2. The monoisotopic (exact) mass is 250 g/mol. The van der Waals surface area contributed by atoms with Crippen LogP contribution in [0, 0.1) is 0 Å². The van der Waals surface area contributed by atoms with Gasteiger partial charge in [-0.1, -0.05) is 0 Å². The second kappa shape index (κ2) is 6.07. The predicted octanol–water partition coefficient (Wildman–Crippen LogP) is 1.69. The Labute approximate surface area is 109 Å². The molecule has 0 spiro atoms. The van der Waals surface area contributed by atoms with Gasteiger partial charge in [-0.25, -0.2) is 0 Å². The molecule has 0 aromatic heterocycles. The highest BCUT2D eigenvalue weighted by Gasteiger charge is 2.16. The first kappa shape index (κ1) is 13.2. The zero-order valence-electron chi connectivity index (χ0n) is 11.1. The van der Waals surface area contributed by atoms with E-state index in [0.29, 0.717) is 6.04 Å². The highest BCUT2D eigenvalue weighted by atomic mass is 16.5. The van der Waals surface area contributed by atoms with Crippen LogP contribution in [0.25, 0.3) is 0 Å². The number of methoxy groups -OCH3 is 1. The second-order valence-corrected chi connectivity index (χ2v) is 4.91. The third-order valence-electron chi connectivity index (χ3n) is 3.54. The quantitative estimate of drug-likeness (QED) is 0.853. The van der Waals surface area contributed by atoms with Gasteiger partial charge in [0.05, 0.1) is 13.7 Å². The van der Waals surface area contributed by atoms with Gasteiger partial charge in [-0.2, -0.15) is 0 Å². The van der Waals surface area contributed by atoms with Gasteiger partial charge in [-0.05, 0) is 51.2 Å². The summed E-state index contributed by atoms with van der Waals surface area (Å²) in [4.78, 5) is 2.35.